The molecule has 2 heterocycles. The van der Waals surface area contributed by atoms with E-state index >= 15 is 0 Å². The molecule has 0 saturated carbocycles. The lowest BCUT2D eigenvalue weighted by atomic mass is 9.82. The van der Waals surface area contributed by atoms with Gasteiger partial charge < -0.3 is 9.64 Å². The molecular formula is C24H19Cl2NO3. The average molecular weight is 440 g/mol. The minimum absolute atomic E-state index is 0.00833. The number of halogens is 2. The summed E-state index contributed by atoms with van der Waals surface area (Å²) in [5, 5.41) is 2.76. The average Bonchev–Trinajstić information content (AvgIpc) is 2.74. The zero-order valence-corrected chi connectivity index (χ0v) is 17.7. The molecule has 1 amide bonds. The number of ketones is 1. The smallest absolute Gasteiger partial charge is 0.254 e. The van der Waals surface area contributed by atoms with Crippen molar-refractivity contribution in [3.8, 4) is 5.75 Å². The first-order chi connectivity index (χ1) is 14.5. The standard InChI is InChI=1S/C24H19Cl2NO3/c25-16-12-19-21(28)14-24(30-22(19)20(26)13-16)8-10-27(11-9-24)23(29)18-7-3-5-15-4-1-2-6-17(15)18/h1-7,12-13H,8-11,14H2. The van der Waals surface area contributed by atoms with Gasteiger partial charge in [0, 0.05) is 36.5 Å². The Kier molecular flexibility index (Phi) is 4.72. The van der Waals surface area contributed by atoms with Crippen LogP contribution in [0.1, 0.15) is 40.0 Å². The number of fused-ring (bicyclic) bond motifs is 2. The number of nitrogens with zero attached hydrogens (tertiary/aromatic N) is 1. The maximum atomic E-state index is 13.2. The number of hydrogen-bond acceptors (Lipinski definition) is 3. The predicted octanol–water partition coefficient (Wildman–Crippen LogP) is 5.79. The van der Waals surface area contributed by atoms with Crippen molar-refractivity contribution in [2.24, 2.45) is 0 Å². The van der Waals surface area contributed by atoms with Crippen LogP contribution < -0.4 is 4.74 Å². The zero-order chi connectivity index (χ0) is 20.9. The lowest BCUT2D eigenvalue weighted by Gasteiger charge is -2.44. The molecule has 1 fully saturated rings. The highest BCUT2D eigenvalue weighted by molar-refractivity contribution is 6.36. The molecule has 0 atom stereocenters. The number of Topliss-reactive ketones (excluding diaryl/α,β-unsaturated/α-hetero) is 1. The number of carbonyl (C=O) groups excluding carboxylic acids is 2. The second kappa shape index (κ2) is 7.29. The Morgan fingerprint density at radius 3 is 2.53 bits per heavy atom. The first kappa shape index (κ1) is 19.4. The molecule has 2 aliphatic heterocycles. The topological polar surface area (TPSA) is 46.6 Å². The van der Waals surface area contributed by atoms with E-state index in [-0.39, 0.29) is 18.1 Å². The summed E-state index contributed by atoms with van der Waals surface area (Å²) in [7, 11) is 0. The fourth-order valence-electron chi connectivity index (χ4n) is 4.49. The van der Waals surface area contributed by atoms with Gasteiger partial charge in [-0.15, -0.1) is 0 Å². The summed E-state index contributed by atoms with van der Waals surface area (Å²) in [5.74, 6) is 0.398. The summed E-state index contributed by atoms with van der Waals surface area (Å²) in [5.41, 5.74) is 0.511. The molecule has 0 N–H and O–H groups in total. The van der Waals surface area contributed by atoms with E-state index in [4.69, 9.17) is 27.9 Å². The Morgan fingerprint density at radius 2 is 1.73 bits per heavy atom. The molecule has 1 spiro atoms. The van der Waals surface area contributed by atoms with E-state index in [0.717, 1.165) is 10.8 Å². The molecule has 2 aliphatic rings. The fraction of sp³-hybridized carbons (Fsp3) is 0.250. The Bertz CT molecular complexity index is 1180. The largest absolute Gasteiger partial charge is 0.484 e. The summed E-state index contributed by atoms with van der Waals surface area (Å²) in [6, 6.07) is 16.9. The molecular weight excluding hydrogens is 421 g/mol. The monoisotopic (exact) mass is 439 g/mol. The van der Waals surface area contributed by atoms with E-state index in [2.05, 4.69) is 0 Å². The van der Waals surface area contributed by atoms with Crippen LogP contribution in [-0.4, -0.2) is 35.3 Å². The number of amides is 1. The highest BCUT2D eigenvalue weighted by atomic mass is 35.5. The van der Waals surface area contributed by atoms with Crippen LogP contribution in [0, 0.1) is 0 Å². The number of hydrogen-bond donors (Lipinski definition) is 0. The maximum Gasteiger partial charge on any atom is 0.254 e. The quantitative estimate of drug-likeness (QED) is 0.482. The van der Waals surface area contributed by atoms with Crippen molar-refractivity contribution in [3.63, 3.8) is 0 Å². The van der Waals surface area contributed by atoms with Gasteiger partial charge in [0.15, 0.2) is 5.78 Å². The number of carbonyl (C=O) groups is 2. The fourth-order valence-corrected chi connectivity index (χ4v) is 5.02. The second-order valence-corrected chi connectivity index (χ2v) is 8.81. The van der Waals surface area contributed by atoms with E-state index in [1.165, 1.54) is 0 Å². The highest BCUT2D eigenvalue weighted by Crippen LogP contribution is 2.44. The molecule has 0 radical (unpaired) electrons. The SMILES string of the molecule is O=C1CC2(CCN(C(=O)c3cccc4ccccc34)CC2)Oc2c(Cl)cc(Cl)cc21. The molecule has 6 heteroatoms. The molecule has 0 bridgehead atoms. The van der Waals surface area contributed by atoms with Crippen LogP contribution in [0.25, 0.3) is 10.8 Å². The molecule has 30 heavy (non-hydrogen) atoms. The lowest BCUT2D eigenvalue weighted by molar-refractivity contribution is -0.00560. The third-order valence-corrected chi connectivity index (χ3v) is 6.59. The van der Waals surface area contributed by atoms with E-state index in [0.29, 0.717) is 52.9 Å². The molecule has 4 nitrogen and oxygen atoms in total. The van der Waals surface area contributed by atoms with Crippen LogP contribution in [0.15, 0.2) is 54.6 Å². The van der Waals surface area contributed by atoms with Gasteiger partial charge in [-0.05, 0) is 29.0 Å². The minimum Gasteiger partial charge on any atom is -0.484 e. The first-order valence-corrected chi connectivity index (χ1v) is 10.7. The Labute approximate surface area is 184 Å². The van der Waals surface area contributed by atoms with E-state index < -0.39 is 5.60 Å². The second-order valence-electron chi connectivity index (χ2n) is 7.97. The van der Waals surface area contributed by atoms with Crippen molar-refractivity contribution in [1.82, 2.24) is 4.90 Å². The van der Waals surface area contributed by atoms with Crippen LogP contribution in [-0.2, 0) is 0 Å². The van der Waals surface area contributed by atoms with Crippen molar-refractivity contribution in [2.45, 2.75) is 24.9 Å². The summed E-state index contributed by atoms with van der Waals surface area (Å²) < 4.78 is 6.27. The predicted molar refractivity (Wildman–Crippen MR) is 118 cm³/mol. The van der Waals surface area contributed by atoms with Gasteiger partial charge in [-0.1, -0.05) is 59.6 Å². The van der Waals surface area contributed by atoms with E-state index in [1.54, 1.807) is 12.1 Å². The number of rotatable bonds is 1. The first-order valence-electron chi connectivity index (χ1n) is 9.94. The Balaban J connectivity index is 1.37. The normalized spacial score (nSPS) is 17.7. The van der Waals surface area contributed by atoms with Gasteiger partial charge in [0.2, 0.25) is 0 Å². The summed E-state index contributed by atoms with van der Waals surface area (Å²) >= 11 is 12.3. The highest BCUT2D eigenvalue weighted by Gasteiger charge is 2.44. The van der Waals surface area contributed by atoms with Gasteiger partial charge in [-0.25, -0.2) is 0 Å². The number of benzene rings is 3. The summed E-state index contributed by atoms with van der Waals surface area (Å²) in [6.45, 7) is 1.05. The third kappa shape index (κ3) is 3.24. The molecule has 0 unspecified atom stereocenters. The van der Waals surface area contributed by atoms with Crippen molar-refractivity contribution in [3.05, 3.63) is 75.8 Å². The van der Waals surface area contributed by atoms with Gasteiger partial charge in [0.05, 0.1) is 17.0 Å². The Morgan fingerprint density at radius 1 is 1.00 bits per heavy atom. The number of ether oxygens (including phenoxy) is 1. The molecule has 5 rings (SSSR count). The van der Waals surface area contributed by atoms with Gasteiger partial charge in [0.25, 0.3) is 5.91 Å². The van der Waals surface area contributed by atoms with Gasteiger partial charge in [-0.3, -0.25) is 9.59 Å². The minimum atomic E-state index is -0.628. The van der Waals surface area contributed by atoms with E-state index in [1.807, 2.05) is 47.4 Å². The van der Waals surface area contributed by atoms with Gasteiger partial charge in [0.1, 0.15) is 11.4 Å². The number of likely N-dealkylation sites (tertiary alicyclic amines) is 1. The van der Waals surface area contributed by atoms with Gasteiger partial charge >= 0.3 is 0 Å². The van der Waals surface area contributed by atoms with Gasteiger partial charge in [-0.2, -0.15) is 0 Å². The molecule has 0 aliphatic carbocycles. The molecule has 3 aromatic carbocycles. The lowest BCUT2D eigenvalue weighted by Crippen LogP contribution is -2.52. The molecule has 1 saturated heterocycles. The van der Waals surface area contributed by atoms with Crippen LogP contribution in [0.5, 0.6) is 5.75 Å². The van der Waals surface area contributed by atoms with Crippen LogP contribution in [0.3, 0.4) is 0 Å². The van der Waals surface area contributed by atoms with Crippen LogP contribution >= 0.6 is 23.2 Å². The number of piperidine rings is 1. The van der Waals surface area contributed by atoms with Crippen molar-refractivity contribution in [2.75, 3.05) is 13.1 Å². The molecule has 3 aromatic rings. The summed E-state index contributed by atoms with van der Waals surface area (Å²) in [4.78, 5) is 27.8. The zero-order valence-electron chi connectivity index (χ0n) is 16.2. The summed E-state index contributed by atoms with van der Waals surface area (Å²) in [6.07, 6.45) is 1.42. The molecule has 152 valence electrons. The Hall–Kier alpha value is -2.56. The maximum absolute atomic E-state index is 13.2. The molecule has 0 aromatic heterocycles. The third-order valence-electron chi connectivity index (χ3n) is 6.09. The van der Waals surface area contributed by atoms with Crippen LogP contribution in [0.2, 0.25) is 10.0 Å². The van der Waals surface area contributed by atoms with Crippen LogP contribution in [0.4, 0.5) is 0 Å². The van der Waals surface area contributed by atoms with E-state index in [9.17, 15) is 9.59 Å². The van der Waals surface area contributed by atoms with Crippen molar-refractivity contribution >= 4 is 45.7 Å². The van der Waals surface area contributed by atoms with Crippen molar-refractivity contribution in [1.29, 1.82) is 0 Å². The van der Waals surface area contributed by atoms with Crippen molar-refractivity contribution < 1.29 is 14.3 Å².